The minimum absolute atomic E-state index is 0.367. The summed E-state index contributed by atoms with van der Waals surface area (Å²) >= 11 is 2.16. The maximum absolute atomic E-state index is 12.4. The van der Waals surface area contributed by atoms with Crippen LogP contribution in [0.1, 0.15) is 19.8 Å². The third kappa shape index (κ3) is 3.16. The van der Waals surface area contributed by atoms with Gasteiger partial charge in [-0.2, -0.15) is 8.78 Å². The molecule has 1 aliphatic rings. The fourth-order valence-corrected chi connectivity index (χ4v) is 1.60. The Hall–Kier alpha value is -0.230. The monoisotopic (exact) mass is 270 g/mol. The molecule has 1 heterocycles. The highest BCUT2D eigenvalue weighted by Crippen LogP contribution is 2.22. The van der Waals surface area contributed by atoms with Crippen LogP contribution in [0.4, 0.5) is 8.78 Å². The summed E-state index contributed by atoms with van der Waals surface area (Å²) in [6.07, 6.45) is 1.58. The number of rotatable bonds is 3. The molecule has 2 N–H and O–H groups in total. The van der Waals surface area contributed by atoms with Gasteiger partial charge in [-0.05, 0) is 42.2 Å². The predicted octanol–water partition coefficient (Wildman–Crippen LogP) is 1.23. The molecule has 1 rings (SSSR count). The van der Waals surface area contributed by atoms with Crippen LogP contribution in [0.15, 0.2) is 0 Å². The zero-order valence-corrected chi connectivity index (χ0v) is 9.46. The largest absolute Gasteiger partial charge is 0.347 e. The summed E-state index contributed by atoms with van der Waals surface area (Å²) < 4.78 is 24.8. The first-order valence-corrected chi connectivity index (χ1v) is 5.23. The van der Waals surface area contributed by atoms with Crippen LogP contribution in [0.3, 0.4) is 0 Å². The minimum atomic E-state index is -3.03. The van der Waals surface area contributed by atoms with Crippen molar-refractivity contribution in [2.45, 2.75) is 30.1 Å². The summed E-state index contributed by atoms with van der Waals surface area (Å²) in [5.74, 6) is -0.367. The Morgan fingerprint density at radius 1 is 1.71 bits per heavy atom. The van der Waals surface area contributed by atoms with Gasteiger partial charge in [-0.3, -0.25) is 4.79 Å². The van der Waals surface area contributed by atoms with Gasteiger partial charge in [-0.1, -0.05) is 0 Å². The Balaban J connectivity index is 2.42. The fraction of sp³-hybridized carbons (Fsp3) is 0.875. The minimum Gasteiger partial charge on any atom is -0.347 e. The quantitative estimate of drug-likeness (QED) is 0.758. The van der Waals surface area contributed by atoms with Crippen LogP contribution in [-0.2, 0) is 4.79 Å². The third-order valence-corrected chi connectivity index (χ3v) is 2.60. The van der Waals surface area contributed by atoms with Gasteiger partial charge in [0, 0.05) is 0 Å². The van der Waals surface area contributed by atoms with Crippen molar-refractivity contribution in [3.63, 3.8) is 0 Å². The van der Waals surface area contributed by atoms with Crippen molar-refractivity contribution in [1.82, 2.24) is 10.6 Å². The topological polar surface area (TPSA) is 41.1 Å². The molecular weight excluding hydrogens is 258 g/mol. The van der Waals surface area contributed by atoms with Gasteiger partial charge in [-0.15, -0.1) is 0 Å². The van der Waals surface area contributed by atoms with Gasteiger partial charge < -0.3 is 10.6 Å². The Morgan fingerprint density at radius 2 is 2.36 bits per heavy atom. The molecule has 1 unspecified atom stereocenters. The van der Waals surface area contributed by atoms with Crippen LogP contribution in [0.2, 0.25) is 0 Å². The van der Waals surface area contributed by atoms with Crippen molar-refractivity contribution in [1.29, 1.82) is 0 Å². The second kappa shape index (κ2) is 4.10. The van der Waals surface area contributed by atoms with Gasteiger partial charge in [-0.25, -0.2) is 0 Å². The van der Waals surface area contributed by atoms with E-state index >= 15 is 0 Å². The molecule has 0 aromatic heterocycles. The number of carbonyl (C=O) groups excluding carboxylic acids is 1. The lowest BCUT2D eigenvalue weighted by molar-refractivity contribution is -0.127. The average Bonchev–Trinajstić information content (AvgIpc) is 2.48. The number of hydrogen-bond donors (Lipinski definition) is 2. The highest BCUT2D eigenvalue weighted by Gasteiger charge is 2.37. The molecule has 0 saturated carbocycles. The number of nitrogens with one attached hydrogen (secondary N) is 2. The van der Waals surface area contributed by atoms with E-state index in [1.165, 1.54) is 0 Å². The lowest BCUT2D eigenvalue weighted by Crippen LogP contribution is -2.52. The first-order chi connectivity index (χ1) is 6.33. The third-order valence-electron chi connectivity index (χ3n) is 2.32. The van der Waals surface area contributed by atoms with E-state index in [1.807, 2.05) is 0 Å². The molecule has 0 aliphatic carbocycles. The van der Waals surface area contributed by atoms with Gasteiger partial charge in [0.2, 0.25) is 5.91 Å². The normalized spacial score (nSPS) is 27.7. The number of amides is 1. The molecule has 1 fully saturated rings. The van der Waals surface area contributed by atoms with Crippen LogP contribution in [0.5, 0.6) is 0 Å². The Kier molecular flexibility index (Phi) is 3.47. The molecule has 1 amide bonds. The van der Waals surface area contributed by atoms with Crippen molar-refractivity contribution >= 4 is 21.8 Å². The van der Waals surface area contributed by atoms with Crippen molar-refractivity contribution < 1.29 is 13.6 Å². The lowest BCUT2D eigenvalue weighted by atomic mass is 9.99. The van der Waals surface area contributed by atoms with Gasteiger partial charge in [0.05, 0.1) is 12.1 Å². The molecule has 1 saturated heterocycles. The van der Waals surface area contributed by atoms with E-state index in [0.717, 1.165) is 13.0 Å². The smallest absolute Gasteiger partial charge is 0.318 e. The molecule has 3 nitrogen and oxygen atoms in total. The van der Waals surface area contributed by atoms with E-state index < -0.39 is 16.9 Å². The summed E-state index contributed by atoms with van der Waals surface area (Å²) in [5, 5.41) is 5.20. The second-order valence-corrected chi connectivity index (χ2v) is 4.82. The zero-order chi connectivity index (χ0) is 10.8. The highest BCUT2D eigenvalue weighted by molar-refractivity contribution is 9.10. The molecule has 0 radical (unpaired) electrons. The van der Waals surface area contributed by atoms with Crippen molar-refractivity contribution in [3.05, 3.63) is 0 Å². The van der Waals surface area contributed by atoms with Crippen LogP contribution < -0.4 is 10.6 Å². The maximum atomic E-state index is 12.4. The van der Waals surface area contributed by atoms with Crippen LogP contribution in [0.25, 0.3) is 0 Å². The van der Waals surface area contributed by atoms with Crippen LogP contribution >= 0.6 is 15.9 Å². The zero-order valence-electron chi connectivity index (χ0n) is 7.87. The molecule has 0 aromatic carbocycles. The van der Waals surface area contributed by atoms with Crippen molar-refractivity contribution in [2.75, 3.05) is 13.1 Å². The van der Waals surface area contributed by atoms with E-state index in [9.17, 15) is 13.6 Å². The molecule has 82 valence electrons. The fourth-order valence-electron chi connectivity index (χ4n) is 1.46. The van der Waals surface area contributed by atoms with Crippen molar-refractivity contribution in [3.8, 4) is 0 Å². The molecule has 1 atom stereocenters. The Morgan fingerprint density at radius 3 is 2.79 bits per heavy atom. The van der Waals surface area contributed by atoms with E-state index in [-0.39, 0.29) is 5.91 Å². The molecule has 6 heteroatoms. The van der Waals surface area contributed by atoms with E-state index in [1.54, 1.807) is 6.92 Å². The van der Waals surface area contributed by atoms with E-state index in [2.05, 4.69) is 26.6 Å². The van der Waals surface area contributed by atoms with Crippen molar-refractivity contribution in [2.24, 2.45) is 0 Å². The SMILES string of the molecule is CC1(C(=O)NCC(F)(F)Br)CCCN1. The predicted molar refractivity (Wildman–Crippen MR) is 52.5 cm³/mol. The molecular formula is C8H13BrF2N2O. The summed E-state index contributed by atoms with van der Waals surface area (Å²) in [6, 6.07) is 0. The number of alkyl halides is 3. The van der Waals surface area contributed by atoms with Crippen LogP contribution in [-0.4, -0.2) is 29.4 Å². The number of halogens is 3. The van der Waals surface area contributed by atoms with Gasteiger partial charge >= 0.3 is 4.83 Å². The molecule has 14 heavy (non-hydrogen) atoms. The van der Waals surface area contributed by atoms with E-state index in [0.29, 0.717) is 6.42 Å². The van der Waals surface area contributed by atoms with Gasteiger partial charge in [0.15, 0.2) is 0 Å². The Bertz CT molecular complexity index is 224. The highest BCUT2D eigenvalue weighted by atomic mass is 79.9. The lowest BCUT2D eigenvalue weighted by Gasteiger charge is -2.23. The number of carbonyl (C=O) groups is 1. The molecule has 0 bridgehead atoms. The van der Waals surface area contributed by atoms with Crippen LogP contribution in [0, 0.1) is 0 Å². The summed E-state index contributed by atoms with van der Waals surface area (Å²) in [5.41, 5.74) is -0.682. The molecule has 1 aliphatic heterocycles. The van der Waals surface area contributed by atoms with Gasteiger partial charge in [0.25, 0.3) is 0 Å². The second-order valence-electron chi connectivity index (χ2n) is 3.66. The summed E-state index contributed by atoms with van der Waals surface area (Å²) in [7, 11) is 0. The molecule has 0 spiro atoms. The number of hydrogen-bond acceptors (Lipinski definition) is 2. The molecule has 0 aromatic rings. The van der Waals surface area contributed by atoms with E-state index in [4.69, 9.17) is 0 Å². The standard InChI is InChI=1S/C8H13BrF2N2O/c1-7(3-2-4-13-7)6(14)12-5-8(9,10)11/h13H,2-5H2,1H3,(H,12,14). The maximum Gasteiger partial charge on any atom is 0.318 e. The first-order valence-electron chi connectivity index (χ1n) is 4.44. The first kappa shape index (κ1) is 11.8. The summed E-state index contributed by atoms with van der Waals surface area (Å²) in [6.45, 7) is 1.80. The summed E-state index contributed by atoms with van der Waals surface area (Å²) in [4.78, 5) is 8.46. The average molecular weight is 271 g/mol. The Labute approximate surface area is 89.7 Å². The van der Waals surface area contributed by atoms with Gasteiger partial charge in [0.1, 0.15) is 0 Å².